The van der Waals surface area contributed by atoms with E-state index in [0.717, 1.165) is 5.56 Å². The van der Waals surface area contributed by atoms with Crippen molar-refractivity contribution < 1.29 is 14.4 Å². The molecule has 0 bridgehead atoms. The molecule has 1 aliphatic rings. The summed E-state index contributed by atoms with van der Waals surface area (Å²) in [7, 11) is 0. The zero-order valence-electron chi connectivity index (χ0n) is 17.3. The van der Waals surface area contributed by atoms with E-state index in [0.29, 0.717) is 22.0 Å². The Morgan fingerprint density at radius 2 is 1.47 bits per heavy atom. The van der Waals surface area contributed by atoms with E-state index in [4.69, 9.17) is 11.6 Å². The first kappa shape index (κ1) is 21.3. The van der Waals surface area contributed by atoms with Crippen LogP contribution < -0.4 is 10.6 Å². The van der Waals surface area contributed by atoms with Crippen LogP contribution in [0.5, 0.6) is 0 Å². The van der Waals surface area contributed by atoms with E-state index < -0.39 is 5.91 Å². The lowest BCUT2D eigenvalue weighted by Gasteiger charge is -2.15. The third-order valence-electron chi connectivity index (χ3n) is 4.96. The number of hydrogen-bond donors (Lipinski definition) is 2. The normalized spacial score (nSPS) is 13.5. The number of anilines is 2. The molecule has 7 heteroatoms. The molecular weight excluding hydrogens is 426 g/mol. The van der Waals surface area contributed by atoms with Crippen LogP contribution in [-0.4, -0.2) is 22.6 Å². The highest BCUT2D eigenvalue weighted by Crippen LogP contribution is 2.32. The predicted octanol–water partition coefficient (Wildman–Crippen LogP) is 4.69. The Hall–Kier alpha value is -3.90. The van der Waals surface area contributed by atoms with Gasteiger partial charge in [0.2, 0.25) is 5.91 Å². The maximum atomic E-state index is 13.3. The molecule has 1 heterocycles. The number of nitrogens with zero attached hydrogens (tertiary/aromatic N) is 1. The van der Waals surface area contributed by atoms with Crippen molar-refractivity contribution >= 4 is 46.3 Å². The molecule has 0 aliphatic carbocycles. The van der Waals surface area contributed by atoms with Crippen LogP contribution in [0.3, 0.4) is 0 Å². The monoisotopic (exact) mass is 445 g/mol. The SMILES string of the molecule is CC(=O)Nc1ccc(NC2=C(c3ccc(Cl)cc3)C(=O)N(Cc3ccccc3)C2=O)cc1. The average molecular weight is 446 g/mol. The molecule has 4 rings (SSSR count). The van der Waals surface area contributed by atoms with E-state index in [2.05, 4.69) is 10.6 Å². The van der Waals surface area contributed by atoms with Gasteiger partial charge in [-0.3, -0.25) is 19.3 Å². The van der Waals surface area contributed by atoms with Gasteiger partial charge in [-0.1, -0.05) is 54.1 Å². The Morgan fingerprint density at radius 1 is 0.844 bits per heavy atom. The van der Waals surface area contributed by atoms with Gasteiger partial charge in [-0.2, -0.15) is 0 Å². The van der Waals surface area contributed by atoms with Gasteiger partial charge in [0, 0.05) is 23.3 Å². The van der Waals surface area contributed by atoms with Gasteiger partial charge in [0.1, 0.15) is 5.70 Å². The summed E-state index contributed by atoms with van der Waals surface area (Å²) in [4.78, 5) is 39.1. The summed E-state index contributed by atoms with van der Waals surface area (Å²) >= 11 is 6.01. The number of rotatable bonds is 6. The summed E-state index contributed by atoms with van der Waals surface area (Å²) in [5, 5.41) is 6.34. The van der Waals surface area contributed by atoms with Crippen LogP contribution in [0.15, 0.2) is 84.6 Å². The molecule has 0 unspecified atom stereocenters. The second-order valence-corrected chi connectivity index (χ2v) is 7.76. The van der Waals surface area contributed by atoms with Gasteiger partial charge < -0.3 is 10.6 Å². The predicted molar refractivity (Wildman–Crippen MR) is 125 cm³/mol. The highest BCUT2D eigenvalue weighted by molar-refractivity contribution is 6.36. The van der Waals surface area contributed by atoms with Crippen LogP contribution in [0.25, 0.3) is 5.57 Å². The fourth-order valence-electron chi connectivity index (χ4n) is 3.47. The summed E-state index contributed by atoms with van der Waals surface area (Å²) in [5.41, 5.74) is 3.18. The molecule has 0 atom stereocenters. The molecule has 3 amide bonds. The number of hydrogen-bond acceptors (Lipinski definition) is 4. The first-order chi connectivity index (χ1) is 15.4. The zero-order chi connectivity index (χ0) is 22.7. The maximum Gasteiger partial charge on any atom is 0.278 e. The van der Waals surface area contributed by atoms with Crippen molar-refractivity contribution in [3.63, 3.8) is 0 Å². The number of benzene rings is 3. The molecule has 3 aromatic carbocycles. The summed E-state index contributed by atoms with van der Waals surface area (Å²) in [6.07, 6.45) is 0. The molecule has 0 aromatic heterocycles. The minimum atomic E-state index is -0.408. The summed E-state index contributed by atoms with van der Waals surface area (Å²) in [5.74, 6) is -0.958. The Morgan fingerprint density at radius 3 is 2.09 bits per heavy atom. The molecule has 0 saturated carbocycles. The smallest absolute Gasteiger partial charge is 0.278 e. The Labute approximate surface area is 190 Å². The molecule has 0 spiro atoms. The lowest BCUT2D eigenvalue weighted by molar-refractivity contribution is -0.137. The fraction of sp³-hybridized carbons (Fsp3) is 0.0800. The van der Waals surface area contributed by atoms with E-state index in [-0.39, 0.29) is 29.6 Å². The minimum absolute atomic E-state index is 0.169. The summed E-state index contributed by atoms with van der Waals surface area (Å²) in [6, 6.07) is 23.0. The van der Waals surface area contributed by atoms with Crippen molar-refractivity contribution in [1.82, 2.24) is 4.90 Å². The van der Waals surface area contributed by atoms with Gasteiger partial charge in [-0.05, 0) is 47.5 Å². The van der Waals surface area contributed by atoms with Gasteiger partial charge in [-0.25, -0.2) is 0 Å². The lowest BCUT2D eigenvalue weighted by Crippen LogP contribution is -2.31. The molecule has 0 fully saturated rings. The van der Waals surface area contributed by atoms with E-state index >= 15 is 0 Å². The van der Waals surface area contributed by atoms with Crippen LogP contribution in [-0.2, 0) is 20.9 Å². The minimum Gasteiger partial charge on any atom is -0.350 e. The van der Waals surface area contributed by atoms with Crippen molar-refractivity contribution in [2.75, 3.05) is 10.6 Å². The Balaban J connectivity index is 1.68. The zero-order valence-corrected chi connectivity index (χ0v) is 18.0. The Kier molecular flexibility index (Phi) is 6.05. The number of nitrogens with one attached hydrogen (secondary N) is 2. The van der Waals surface area contributed by atoms with Gasteiger partial charge in [-0.15, -0.1) is 0 Å². The second-order valence-electron chi connectivity index (χ2n) is 7.32. The van der Waals surface area contributed by atoms with Crippen molar-refractivity contribution in [1.29, 1.82) is 0 Å². The molecule has 0 saturated heterocycles. The Bertz CT molecular complexity index is 1200. The van der Waals surface area contributed by atoms with Gasteiger partial charge in [0.25, 0.3) is 11.8 Å². The molecule has 32 heavy (non-hydrogen) atoms. The first-order valence-corrected chi connectivity index (χ1v) is 10.3. The maximum absolute atomic E-state index is 13.3. The van der Waals surface area contributed by atoms with Crippen molar-refractivity contribution in [3.8, 4) is 0 Å². The largest absolute Gasteiger partial charge is 0.350 e. The van der Waals surface area contributed by atoms with Crippen molar-refractivity contribution in [3.05, 3.63) is 101 Å². The van der Waals surface area contributed by atoms with E-state index in [1.54, 1.807) is 48.5 Å². The average Bonchev–Trinajstić information content (AvgIpc) is 3.00. The molecule has 0 radical (unpaired) electrons. The standard InChI is InChI=1S/C25H20ClN3O3/c1-16(30)27-20-11-13-21(14-12-20)28-23-22(18-7-9-19(26)10-8-18)24(31)29(25(23)32)15-17-5-3-2-4-6-17/h2-14,28H,15H2,1H3,(H,27,30). The van der Waals surface area contributed by atoms with Crippen LogP contribution in [0.4, 0.5) is 11.4 Å². The molecule has 2 N–H and O–H groups in total. The third-order valence-corrected chi connectivity index (χ3v) is 5.21. The summed E-state index contributed by atoms with van der Waals surface area (Å²) < 4.78 is 0. The van der Waals surface area contributed by atoms with Crippen LogP contribution >= 0.6 is 11.6 Å². The highest BCUT2D eigenvalue weighted by Gasteiger charge is 2.39. The second kappa shape index (κ2) is 9.08. The molecule has 3 aromatic rings. The van der Waals surface area contributed by atoms with Gasteiger partial charge in [0.15, 0.2) is 0 Å². The van der Waals surface area contributed by atoms with Crippen molar-refractivity contribution in [2.24, 2.45) is 0 Å². The van der Waals surface area contributed by atoms with E-state index in [9.17, 15) is 14.4 Å². The molecule has 6 nitrogen and oxygen atoms in total. The quantitative estimate of drug-likeness (QED) is 0.539. The van der Waals surface area contributed by atoms with E-state index in [1.165, 1.54) is 11.8 Å². The van der Waals surface area contributed by atoms with Gasteiger partial charge >= 0.3 is 0 Å². The fourth-order valence-corrected chi connectivity index (χ4v) is 3.60. The lowest BCUT2D eigenvalue weighted by atomic mass is 10.0. The van der Waals surface area contributed by atoms with Crippen LogP contribution in [0, 0.1) is 0 Å². The number of halogens is 1. The molecular formula is C25H20ClN3O3. The number of amides is 3. The van der Waals surface area contributed by atoms with Crippen LogP contribution in [0.1, 0.15) is 18.1 Å². The van der Waals surface area contributed by atoms with Crippen molar-refractivity contribution in [2.45, 2.75) is 13.5 Å². The number of carbonyl (C=O) groups is 3. The van der Waals surface area contributed by atoms with Crippen LogP contribution in [0.2, 0.25) is 5.02 Å². The molecule has 1 aliphatic heterocycles. The molecule has 160 valence electrons. The highest BCUT2D eigenvalue weighted by atomic mass is 35.5. The number of carbonyl (C=O) groups excluding carboxylic acids is 3. The summed E-state index contributed by atoms with van der Waals surface area (Å²) in [6.45, 7) is 1.60. The van der Waals surface area contributed by atoms with Gasteiger partial charge in [0.05, 0.1) is 12.1 Å². The third kappa shape index (κ3) is 4.55. The number of imide groups is 1. The van der Waals surface area contributed by atoms with E-state index in [1.807, 2.05) is 30.3 Å². The first-order valence-electron chi connectivity index (χ1n) is 9.97. The topological polar surface area (TPSA) is 78.5 Å².